The van der Waals surface area contributed by atoms with Gasteiger partial charge in [0, 0.05) is 21.7 Å². The zero-order chi connectivity index (χ0) is 27.7. The molecular weight excluding hydrogens is 637 g/mol. The number of nitrogens with one attached hydrogen (secondary N) is 1. The van der Waals surface area contributed by atoms with Gasteiger partial charge in [-0.3, -0.25) is 13.9 Å². The van der Waals surface area contributed by atoms with E-state index < -0.39 is 28.5 Å². The minimum absolute atomic E-state index is 0.0677. The third-order valence-corrected chi connectivity index (χ3v) is 8.71. The number of carbonyl (C=O) groups is 2. The quantitative estimate of drug-likeness (QED) is 0.205. The molecule has 0 aliphatic rings. The Morgan fingerprint density at radius 3 is 2.32 bits per heavy atom. The van der Waals surface area contributed by atoms with Gasteiger partial charge in [0.05, 0.1) is 10.6 Å². The van der Waals surface area contributed by atoms with E-state index in [0.29, 0.717) is 17.3 Å². The van der Waals surface area contributed by atoms with Crippen LogP contribution in [0.15, 0.2) is 83.8 Å². The SMILES string of the molecule is CCCCNC(=O)C(C)N(Cc1cccc(Cl)c1)C(=O)CN(c1ccc(I)cc1)S(=O)(=O)c1ccccc1. The largest absolute Gasteiger partial charge is 0.354 e. The molecule has 0 aliphatic carbocycles. The molecule has 0 spiro atoms. The zero-order valence-corrected chi connectivity index (χ0v) is 25.0. The lowest BCUT2D eigenvalue weighted by molar-refractivity contribution is -0.139. The number of benzene rings is 3. The summed E-state index contributed by atoms with van der Waals surface area (Å²) in [6, 6.07) is 21.1. The molecule has 3 aromatic rings. The number of nitrogens with zero attached hydrogens (tertiary/aromatic N) is 2. The van der Waals surface area contributed by atoms with E-state index in [0.717, 1.165) is 26.3 Å². The van der Waals surface area contributed by atoms with E-state index in [1.165, 1.54) is 17.0 Å². The third-order valence-electron chi connectivity index (χ3n) is 5.96. The average molecular weight is 668 g/mol. The highest BCUT2D eigenvalue weighted by Crippen LogP contribution is 2.25. The van der Waals surface area contributed by atoms with E-state index in [1.54, 1.807) is 67.6 Å². The first kappa shape index (κ1) is 29.9. The molecule has 2 amide bonds. The summed E-state index contributed by atoms with van der Waals surface area (Å²) in [7, 11) is -4.08. The summed E-state index contributed by atoms with van der Waals surface area (Å²) in [6.07, 6.45) is 1.73. The predicted molar refractivity (Wildman–Crippen MR) is 160 cm³/mol. The summed E-state index contributed by atoms with van der Waals surface area (Å²) in [5.41, 5.74) is 1.08. The maximum atomic E-state index is 13.8. The Bertz CT molecular complexity index is 1340. The fourth-order valence-electron chi connectivity index (χ4n) is 3.81. The molecule has 3 aromatic carbocycles. The van der Waals surface area contributed by atoms with Gasteiger partial charge < -0.3 is 10.2 Å². The van der Waals surface area contributed by atoms with Crippen molar-refractivity contribution < 1.29 is 18.0 Å². The van der Waals surface area contributed by atoms with Gasteiger partial charge in [0.2, 0.25) is 11.8 Å². The summed E-state index contributed by atoms with van der Waals surface area (Å²) < 4.78 is 29.4. The molecule has 0 heterocycles. The number of hydrogen-bond acceptors (Lipinski definition) is 4. The Morgan fingerprint density at radius 1 is 1.00 bits per heavy atom. The van der Waals surface area contributed by atoms with Crippen molar-refractivity contribution in [3.05, 3.63) is 93.0 Å². The van der Waals surface area contributed by atoms with Crippen molar-refractivity contribution in [2.45, 2.75) is 44.2 Å². The maximum Gasteiger partial charge on any atom is 0.264 e. The molecule has 0 aromatic heterocycles. The lowest BCUT2D eigenvalue weighted by Crippen LogP contribution is -2.51. The number of unbranched alkanes of at least 4 members (excludes halogenated alkanes) is 1. The summed E-state index contributed by atoms with van der Waals surface area (Å²) in [5, 5.41) is 3.37. The van der Waals surface area contributed by atoms with Gasteiger partial charge in [-0.25, -0.2) is 8.42 Å². The van der Waals surface area contributed by atoms with Crippen molar-refractivity contribution >= 4 is 61.7 Å². The van der Waals surface area contributed by atoms with Crippen molar-refractivity contribution in [3.63, 3.8) is 0 Å². The van der Waals surface area contributed by atoms with Crippen LogP contribution in [0.3, 0.4) is 0 Å². The minimum atomic E-state index is -4.08. The molecule has 3 rings (SSSR count). The van der Waals surface area contributed by atoms with E-state index >= 15 is 0 Å². The average Bonchev–Trinajstić information content (AvgIpc) is 2.91. The first-order valence-electron chi connectivity index (χ1n) is 12.3. The molecular formula is C28H31ClIN3O4S. The van der Waals surface area contributed by atoms with Crippen LogP contribution in [-0.4, -0.2) is 44.3 Å². The second-order valence-corrected chi connectivity index (χ2v) is 12.3. The number of halogens is 2. The van der Waals surface area contributed by atoms with Crippen LogP contribution in [0.25, 0.3) is 0 Å². The second kappa shape index (κ2) is 14.0. The Morgan fingerprint density at radius 2 is 1.68 bits per heavy atom. The monoisotopic (exact) mass is 667 g/mol. The molecule has 7 nitrogen and oxygen atoms in total. The fraction of sp³-hybridized carbons (Fsp3) is 0.286. The highest BCUT2D eigenvalue weighted by atomic mass is 127. The zero-order valence-electron chi connectivity index (χ0n) is 21.3. The molecule has 0 saturated carbocycles. The van der Waals surface area contributed by atoms with Crippen LogP contribution in [0.4, 0.5) is 5.69 Å². The third kappa shape index (κ3) is 7.94. The molecule has 38 heavy (non-hydrogen) atoms. The number of amides is 2. The van der Waals surface area contributed by atoms with Gasteiger partial charge in [0.25, 0.3) is 10.0 Å². The lowest BCUT2D eigenvalue weighted by Gasteiger charge is -2.32. The lowest BCUT2D eigenvalue weighted by atomic mass is 10.1. The minimum Gasteiger partial charge on any atom is -0.354 e. The highest BCUT2D eigenvalue weighted by Gasteiger charge is 2.32. The van der Waals surface area contributed by atoms with Crippen LogP contribution in [0.5, 0.6) is 0 Å². The van der Waals surface area contributed by atoms with Crippen molar-refractivity contribution in [2.24, 2.45) is 0 Å². The molecule has 1 unspecified atom stereocenters. The number of anilines is 1. The Labute approximate surface area is 243 Å². The van der Waals surface area contributed by atoms with Crippen molar-refractivity contribution in [1.29, 1.82) is 0 Å². The van der Waals surface area contributed by atoms with E-state index in [2.05, 4.69) is 27.9 Å². The van der Waals surface area contributed by atoms with Crippen LogP contribution < -0.4 is 9.62 Å². The van der Waals surface area contributed by atoms with Gasteiger partial charge in [0.1, 0.15) is 12.6 Å². The molecule has 1 atom stereocenters. The molecule has 0 fully saturated rings. The standard InChI is InChI=1S/C28H31ClIN3O4S/c1-3-4-17-31-28(35)21(2)32(19-22-9-8-10-23(29)18-22)27(34)20-33(25-15-13-24(30)14-16-25)38(36,37)26-11-6-5-7-12-26/h5-16,18,21H,3-4,17,19-20H2,1-2H3,(H,31,35). The summed E-state index contributed by atoms with van der Waals surface area (Å²) in [5.74, 6) is -0.818. The van der Waals surface area contributed by atoms with E-state index in [1.807, 2.05) is 13.0 Å². The Balaban J connectivity index is 1.98. The summed E-state index contributed by atoms with van der Waals surface area (Å²) >= 11 is 8.30. The smallest absolute Gasteiger partial charge is 0.264 e. The van der Waals surface area contributed by atoms with Crippen molar-refractivity contribution in [2.75, 3.05) is 17.4 Å². The highest BCUT2D eigenvalue weighted by molar-refractivity contribution is 14.1. The van der Waals surface area contributed by atoms with Crippen LogP contribution in [-0.2, 0) is 26.2 Å². The van der Waals surface area contributed by atoms with E-state index in [4.69, 9.17) is 11.6 Å². The first-order valence-corrected chi connectivity index (χ1v) is 15.2. The molecule has 0 aliphatic heterocycles. The number of hydrogen-bond donors (Lipinski definition) is 1. The molecule has 10 heteroatoms. The Kier molecular flexibility index (Phi) is 11.0. The molecule has 202 valence electrons. The second-order valence-electron chi connectivity index (χ2n) is 8.77. The van der Waals surface area contributed by atoms with E-state index in [-0.39, 0.29) is 17.3 Å². The number of carbonyl (C=O) groups excluding carboxylic acids is 2. The number of rotatable bonds is 12. The molecule has 1 N–H and O–H groups in total. The van der Waals surface area contributed by atoms with Crippen molar-refractivity contribution in [1.82, 2.24) is 10.2 Å². The summed E-state index contributed by atoms with van der Waals surface area (Å²) in [4.78, 5) is 28.3. The normalized spacial score (nSPS) is 12.0. The fourth-order valence-corrected chi connectivity index (χ4v) is 5.81. The molecule has 0 radical (unpaired) electrons. The Hall–Kier alpha value is -2.63. The van der Waals surface area contributed by atoms with Crippen LogP contribution in [0.2, 0.25) is 5.02 Å². The number of sulfonamides is 1. The van der Waals surface area contributed by atoms with Crippen molar-refractivity contribution in [3.8, 4) is 0 Å². The van der Waals surface area contributed by atoms with Gasteiger partial charge in [-0.15, -0.1) is 0 Å². The first-order chi connectivity index (χ1) is 18.1. The van der Waals surface area contributed by atoms with Crippen LogP contribution >= 0.6 is 34.2 Å². The van der Waals surface area contributed by atoms with Gasteiger partial charge in [-0.2, -0.15) is 0 Å². The van der Waals surface area contributed by atoms with Gasteiger partial charge >= 0.3 is 0 Å². The van der Waals surface area contributed by atoms with Gasteiger partial charge in [-0.1, -0.05) is 55.3 Å². The van der Waals surface area contributed by atoms with Gasteiger partial charge in [-0.05, 0) is 90.0 Å². The van der Waals surface area contributed by atoms with Crippen LogP contribution in [0, 0.1) is 3.57 Å². The van der Waals surface area contributed by atoms with Crippen LogP contribution in [0.1, 0.15) is 32.3 Å². The van der Waals surface area contributed by atoms with E-state index in [9.17, 15) is 18.0 Å². The predicted octanol–water partition coefficient (Wildman–Crippen LogP) is 5.47. The maximum absolute atomic E-state index is 13.8. The summed E-state index contributed by atoms with van der Waals surface area (Å²) in [6.45, 7) is 3.77. The molecule has 0 bridgehead atoms. The topological polar surface area (TPSA) is 86.8 Å². The molecule has 0 saturated heterocycles. The van der Waals surface area contributed by atoms with Gasteiger partial charge in [0.15, 0.2) is 0 Å².